The highest BCUT2D eigenvalue weighted by molar-refractivity contribution is 5.12. The molecule has 0 spiro atoms. The van der Waals surface area contributed by atoms with E-state index in [1.165, 1.54) is 5.56 Å². The monoisotopic (exact) mass is 248 g/mol. The van der Waals surface area contributed by atoms with Crippen molar-refractivity contribution in [2.45, 2.75) is 45.4 Å². The average Bonchev–Trinajstić information content (AvgIpc) is 2.62. The SMILES string of the molecule is CNC(Cc1ccncc1)C1C(C)OC(C)C1C. The molecule has 1 fully saturated rings. The van der Waals surface area contributed by atoms with Gasteiger partial charge < -0.3 is 10.1 Å². The quantitative estimate of drug-likeness (QED) is 0.887. The third-order valence-electron chi connectivity index (χ3n) is 4.36. The number of rotatable bonds is 4. The van der Waals surface area contributed by atoms with E-state index in [4.69, 9.17) is 4.74 Å². The summed E-state index contributed by atoms with van der Waals surface area (Å²) < 4.78 is 5.95. The van der Waals surface area contributed by atoms with Crippen LogP contribution in [0.3, 0.4) is 0 Å². The molecule has 100 valence electrons. The Kier molecular flexibility index (Phi) is 4.36. The van der Waals surface area contributed by atoms with Gasteiger partial charge in [0.1, 0.15) is 0 Å². The fraction of sp³-hybridized carbons (Fsp3) is 0.667. The van der Waals surface area contributed by atoms with Crippen LogP contribution in [0.25, 0.3) is 0 Å². The first-order valence-electron chi connectivity index (χ1n) is 6.85. The zero-order valence-corrected chi connectivity index (χ0v) is 11.8. The van der Waals surface area contributed by atoms with E-state index in [1.807, 2.05) is 19.4 Å². The molecule has 0 bridgehead atoms. The fourth-order valence-electron chi connectivity index (χ4n) is 3.19. The molecule has 1 aliphatic heterocycles. The van der Waals surface area contributed by atoms with Gasteiger partial charge in [-0.2, -0.15) is 0 Å². The van der Waals surface area contributed by atoms with Crippen LogP contribution in [0.2, 0.25) is 0 Å². The molecule has 1 aliphatic rings. The first kappa shape index (κ1) is 13.5. The Balaban J connectivity index is 2.09. The van der Waals surface area contributed by atoms with Crippen molar-refractivity contribution in [3.63, 3.8) is 0 Å². The summed E-state index contributed by atoms with van der Waals surface area (Å²) in [6.07, 6.45) is 5.45. The molecular weight excluding hydrogens is 224 g/mol. The molecule has 5 atom stereocenters. The van der Waals surface area contributed by atoms with Gasteiger partial charge in [-0.1, -0.05) is 6.92 Å². The zero-order valence-electron chi connectivity index (χ0n) is 11.8. The summed E-state index contributed by atoms with van der Waals surface area (Å²) in [5, 5.41) is 3.47. The van der Waals surface area contributed by atoms with Crippen LogP contribution in [0.15, 0.2) is 24.5 Å². The van der Waals surface area contributed by atoms with Crippen molar-refractivity contribution in [1.82, 2.24) is 10.3 Å². The lowest BCUT2D eigenvalue weighted by Gasteiger charge is -2.28. The van der Waals surface area contributed by atoms with Gasteiger partial charge in [-0.3, -0.25) is 4.98 Å². The molecule has 0 aromatic carbocycles. The molecule has 1 aromatic heterocycles. The first-order valence-corrected chi connectivity index (χ1v) is 6.85. The Hall–Kier alpha value is -0.930. The van der Waals surface area contributed by atoms with Crippen LogP contribution in [-0.4, -0.2) is 30.3 Å². The van der Waals surface area contributed by atoms with Crippen LogP contribution in [0, 0.1) is 11.8 Å². The van der Waals surface area contributed by atoms with Gasteiger partial charge in [-0.25, -0.2) is 0 Å². The molecule has 0 amide bonds. The van der Waals surface area contributed by atoms with E-state index in [0.717, 1.165) is 6.42 Å². The second-order valence-corrected chi connectivity index (χ2v) is 5.44. The molecule has 0 saturated carbocycles. The van der Waals surface area contributed by atoms with Gasteiger partial charge in [0.2, 0.25) is 0 Å². The predicted molar refractivity (Wildman–Crippen MR) is 73.5 cm³/mol. The van der Waals surface area contributed by atoms with Gasteiger partial charge in [-0.05, 0) is 50.9 Å². The third-order valence-corrected chi connectivity index (χ3v) is 4.36. The number of hydrogen-bond donors (Lipinski definition) is 1. The molecule has 18 heavy (non-hydrogen) atoms. The van der Waals surface area contributed by atoms with Crippen LogP contribution in [-0.2, 0) is 11.2 Å². The summed E-state index contributed by atoms with van der Waals surface area (Å²) in [7, 11) is 2.05. The van der Waals surface area contributed by atoms with Crippen molar-refractivity contribution in [2.75, 3.05) is 7.05 Å². The fourth-order valence-corrected chi connectivity index (χ4v) is 3.19. The molecule has 1 N–H and O–H groups in total. The minimum Gasteiger partial charge on any atom is -0.375 e. The van der Waals surface area contributed by atoms with Crippen LogP contribution in [0.5, 0.6) is 0 Å². The van der Waals surface area contributed by atoms with Crippen LogP contribution in [0.4, 0.5) is 0 Å². The Bertz CT molecular complexity index is 368. The Morgan fingerprint density at radius 2 is 1.89 bits per heavy atom. The molecule has 3 nitrogen and oxygen atoms in total. The maximum absolute atomic E-state index is 5.95. The van der Waals surface area contributed by atoms with Gasteiger partial charge in [0.15, 0.2) is 0 Å². The molecule has 2 heterocycles. The molecule has 5 unspecified atom stereocenters. The van der Waals surface area contributed by atoms with E-state index in [2.05, 4.69) is 43.2 Å². The standard InChI is InChI=1S/C15H24N2O/c1-10-11(2)18-12(3)15(10)14(16-4)9-13-5-7-17-8-6-13/h5-8,10-12,14-16H,9H2,1-4H3. The summed E-state index contributed by atoms with van der Waals surface area (Å²) in [5.41, 5.74) is 1.34. The lowest BCUT2D eigenvalue weighted by molar-refractivity contribution is 0.0479. The highest BCUT2D eigenvalue weighted by Crippen LogP contribution is 2.35. The second kappa shape index (κ2) is 5.81. The highest BCUT2D eigenvalue weighted by atomic mass is 16.5. The van der Waals surface area contributed by atoms with E-state index in [9.17, 15) is 0 Å². The van der Waals surface area contributed by atoms with Crippen molar-refractivity contribution in [2.24, 2.45) is 11.8 Å². The number of hydrogen-bond acceptors (Lipinski definition) is 3. The number of nitrogens with zero attached hydrogens (tertiary/aromatic N) is 1. The van der Waals surface area contributed by atoms with Gasteiger partial charge >= 0.3 is 0 Å². The number of aromatic nitrogens is 1. The summed E-state index contributed by atoms with van der Waals surface area (Å²) in [5.74, 6) is 1.16. The Labute approximate surface area is 110 Å². The lowest BCUT2D eigenvalue weighted by Crippen LogP contribution is -2.41. The highest BCUT2D eigenvalue weighted by Gasteiger charge is 2.40. The summed E-state index contributed by atoms with van der Waals surface area (Å²) in [6.45, 7) is 6.68. The topological polar surface area (TPSA) is 34.2 Å². The summed E-state index contributed by atoms with van der Waals surface area (Å²) in [6, 6.07) is 4.65. The number of pyridine rings is 1. The lowest BCUT2D eigenvalue weighted by atomic mass is 9.81. The van der Waals surface area contributed by atoms with Crippen LogP contribution >= 0.6 is 0 Å². The molecular formula is C15H24N2O. The zero-order chi connectivity index (χ0) is 13.1. The number of nitrogens with one attached hydrogen (secondary N) is 1. The molecule has 1 aromatic rings. The van der Waals surface area contributed by atoms with Crippen molar-refractivity contribution in [3.8, 4) is 0 Å². The van der Waals surface area contributed by atoms with Crippen molar-refractivity contribution in [3.05, 3.63) is 30.1 Å². The van der Waals surface area contributed by atoms with Crippen molar-refractivity contribution >= 4 is 0 Å². The van der Waals surface area contributed by atoms with Gasteiger partial charge in [0.05, 0.1) is 12.2 Å². The van der Waals surface area contributed by atoms with Gasteiger partial charge in [0, 0.05) is 24.4 Å². The average molecular weight is 248 g/mol. The minimum atomic E-state index is 0.328. The first-order chi connectivity index (χ1) is 8.63. The third kappa shape index (κ3) is 2.73. The maximum Gasteiger partial charge on any atom is 0.0597 e. The Morgan fingerprint density at radius 1 is 1.22 bits per heavy atom. The maximum atomic E-state index is 5.95. The largest absolute Gasteiger partial charge is 0.375 e. The summed E-state index contributed by atoms with van der Waals surface area (Å²) >= 11 is 0. The van der Waals surface area contributed by atoms with Crippen molar-refractivity contribution in [1.29, 1.82) is 0 Å². The Morgan fingerprint density at radius 3 is 2.39 bits per heavy atom. The molecule has 0 radical (unpaired) electrons. The summed E-state index contributed by atoms with van der Waals surface area (Å²) in [4.78, 5) is 4.07. The number of likely N-dealkylation sites (N-methyl/N-ethyl adjacent to an activating group) is 1. The van der Waals surface area contributed by atoms with Crippen LogP contribution < -0.4 is 5.32 Å². The molecule has 0 aliphatic carbocycles. The van der Waals surface area contributed by atoms with E-state index < -0.39 is 0 Å². The van der Waals surface area contributed by atoms with E-state index in [1.54, 1.807) is 0 Å². The smallest absolute Gasteiger partial charge is 0.0597 e. The van der Waals surface area contributed by atoms with E-state index >= 15 is 0 Å². The normalized spacial score (nSPS) is 33.6. The van der Waals surface area contributed by atoms with E-state index in [-0.39, 0.29) is 0 Å². The van der Waals surface area contributed by atoms with E-state index in [0.29, 0.717) is 30.1 Å². The van der Waals surface area contributed by atoms with Crippen molar-refractivity contribution < 1.29 is 4.74 Å². The van der Waals surface area contributed by atoms with Crippen LogP contribution in [0.1, 0.15) is 26.3 Å². The molecule has 2 rings (SSSR count). The molecule has 3 heteroatoms. The minimum absolute atomic E-state index is 0.328. The second-order valence-electron chi connectivity index (χ2n) is 5.44. The van der Waals surface area contributed by atoms with Gasteiger partial charge in [-0.15, -0.1) is 0 Å². The predicted octanol–water partition coefficient (Wildman–Crippen LogP) is 2.27. The molecule has 1 saturated heterocycles. The number of ether oxygens (including phenoxy) is 1. The van der Waals surface area contributed by atoms with Gasteiger partial charge in [0.25, 0.3) is 0 Å².